The minimum absolute atomic E-state index is 0. The number of nitrogens with one attached hydrogen (secondary N) is 2. The van der Waals surface area contributed by atoms with Crippen LogP contribution in [0.2, 0.25) is 0 Å². The first kappa shape index (κ1) is 15.0. The smallest absolute Gasteiger partial charge is 0.229 e. The molecule has 1 aromatic rings. The maximum Gasteiger partial charge on any atom is 0.229 e. The monoisotopic (exact) mass is 272 g/mol. The van der Waals surface area contributed by atoms with Crippen molar-refractivity contribution in [1.29, 1.82) is 0 Å². The van der Waals surface area contributed by atoms with Crippen LogP contribution in [-0.2, 0) is 11.3 Å². The average Bonchev–Trinajstić information content (AvgIpc) is 2.97. The standard InChI is InChI=1S/C12H20N4O.ClH/c1-2-3-8-16-11(5-7-14-16)15-12(17)10-4-6-13-9-10;/h5,7,10,13H,2-4,6,8-9H2,1H3,(H,15,17);1H. The second-order valence-electron chi connectivity index (χ2n) is 4.47. The number of carbonyl (C=O) groups is 1. The van der Waals surface area contributed by atoms with E-state index < -0.39 is 0 Å². The first-order valence-electron chi connectivity index (χ1n) is 6.34. The number of aryl methyl sites for hydroxylation is 1. The van der Waals surface area contributed by atoms with Crippen LogP contribution in [-0.4, -0.2) is 28.8 Å². The lowest BCUT2D eigenvalue weighted by molar-refractivity contribution is -0.119. The Bertz CT molecular complexity index is 374. The molecule has 1 amide bonds. The summed E-state index contributed by atoms with van der Waals surface area (Å²) in [6.07, 6.45) is 4.86. The fourth-order valence-corrected chi connectivity index (χ4v) is 2.03. The molecule has 6 heteroatoms. The molecule has 0 saturated carbocycles. The maximum atomic E-state index is 11.9. The molecule has 1 unspecified atom stereocenters. The fourth-order valence-electron chi connectivity index (χ4n) is 2.03. The van der Waals surface area contributed by atoms with Crippen LogP contribution < -0.4 is 10.6 Å². The van der Waals surface area contributed by atoms with Gasteiger partial charge in [0.25, 0.3) is 0 Å². The van der Waals surface area contributed by atoms with Crippen molar-refractivity contribution in [3.05, 3.63) is 12.3 Å². The molecule has 2 N–H and O–H groups in total. The highest BCUT2D eigenvalue weighted by molar-refractivity contribution is 5.92. The average molecular weight is 273 g/mol. The third-order valence-electron chi connectivity index (χ3n) is 3.12. The van der Waals surface area contributed by atoms with E-state index in [-0.39, 0.29) is 24.2 Å². The van der Waals surface area contributed by atoms with Crippen LogP contribution in [0.25, 0.3) is 0 Å². The van der Waals surface area contributed by atoms with Gasteiger partial charge >= 0.3 is 0 Å². The van der Waals surface area contributed by atoms with Gasteiger partial charge in [-0.3, -0.25) is 4.79 Å². The van der Waals surface area contributed by atoms with Crippen LogP contribution in [0.5, 0.6) is 0 Å². The summed E-state index contributed by atoms with van der Waals surface area (Å²) in [5.41, 5.74) is 0. The lowest BCUT2D eigenvalue weighted by atomic mass is 10.1. The van der Waals surface area contributed by atoms with E-state index in [1.54, 1.807) is 6.20 Å². The van der Waals surface area contributed by atoms with E-state index in [0.717, 1.165) is 44.7 Å². The Hall–Kier alpha value is -1.07. The molecule has 0 spiro atoms. The van der Waals surface area contributed by atoms with Crippen molar-refractivity contribution in [2.24, 2.45) is 5.92 Å². The number of rotatable bonds is 5. The molecular weight excluding hydrogens is 252 g/mol. The molecule has 1 aliphatic heterocycles. The van der Waals surface area contributed by atoms with Gasteiger partial charge in [0.15, 0.2) is 0 Å². The largest absolute Gasteiger partial charge is 0.316 e. The highest BCUT2D eigenvalue weighted by atomic mass is 35.5. The van der Waals surface area contributed by atoms with Crippen molar-refractivity contribution >= 4 is 24.1 Å². The van der Waals surface area contributed by atoms with Gasteiger partial charge in [-0.1, -0.05) is 13.3 Å². The summed E-state index contributed by atoms with van der Waals surface area (Å²) < 4.78 is 1.86. The Balaban J connectivity index is 0.00000162. The molecule has 0 aliphatic carbocycles. The number of hydrogen-bond donors (Lipinski definition) is 2. The summed E-state index contributed by atoms with van der Waals surface area (Å²) in [4.78, 5) is 11.9. The van der Waals surface area contributed by atoms with Crippen molar-refractivity contribution < 1.29 is 4.79 Å². The van der Waals surface area contributed by atoms with Crippen molar-refractivity contribution in [3.8, 4) is 0 Å². The molecule has 1 atom stereocenters. The summed E-state index contributed by atoms with van der Waals surface area (Å²) in [6, 6.07) is 1.86. The Kier molecular flexibility index (Phi) is 6.15. The minimum atomic E-state index is 0. The summed E-state index contributed by atoms with van der Waals surface area (Å²) in [7, 11) is 0. The first-order chi connectivity index (χ1) is 8.31. The highest BCUT2D eigenvalue weighted by Crippen LogP contribution is 2.13. The Morgan fingerprint density at radius 1 is 1.67 bits per heavy atom. The van der Waals surface area contributed by atoms with E-state index in [1.807, 2.05) is 10.7 Å². The van der Waals surface area contributed by atoms with E-state index >= 15 is 0 Å². The molecule has 0 radical (unpaired) electrons. The molecule has 18 heavy (non-hydrogen) atoms. The topological polar surface area (TPSA) is 59.0 Å². The molecule has 0 aromatic carbocycles. The number of aromatic nitrogens is 2. The van der Waals surface area contributed by atoms with Crippen molar-refractivity contribution in [1.82, 2.24) is 15.1 Å². The van der Waals surface area contributed by atoms with Gasteiger partial charge in [0, 0.05) is 19.2 Å². The van der Waals surface area contributed by atoms with E-state index in [1.165, 1.54) is 0 Å². The predicted octanol–water partition coefficient (Wildman–Crippen LogP) is 1.65. The molecular formula is C12H21ClN4O. The van der Waals surface area contributed by atoms with Gasteiger partial charge in [0.2, 0.25) is 5.91 Å². The quantitative estimate of drug-likeness (QED) is 0.857. The second kappa shape index (κ2) is 7.38. The predicted molar refractivity (Wildman–Crippen MR) is 74.0 cm³/mol. The number of unbranched alkanes of at least 4 members (excludes halogenated alkanes) is 1. The van der Waals surface area contributed by atoms with Gasteiger partial charge in [0.1, 0.15) is 5.82 Å². The number of hydrogen-bond acceptors (Lipinski definition) is 3. The Morgan fingerprint density at radius 3 is 3.17 bits per heavy atom. The maximum absolute atomic E-state index is 11.9. The lowest BCUT2D eigenvalue weighted by Gasteiger charge is -2.11. The highest BCUT2D eigenvalue weighted by Gasteiger charge is 2.22. The third-order valence-corrected chi connectivity index (χ3v) is 3.12. The van der Waals surface area contributed by atoms with E-state index in [4.69, 9.17) is 0 Å². The Morgan fingerprint density at radius 2 is 2.50 bits per heavy atom. The third kappa shape index (κ3) is 3.71. The van der Waals surface area contributed by atoms with E-state index in [9.17, 15) is 4.79 Å². The summed E-state index contributed by atoms with van der Waals surface area (Å²) >= 11 is 0. The van der Waals surface area contributed by atoms with Crippen molar-refractivity contribution in [2.75, 3.05) is 18.4 Å². The molecule has 0 bridgehead atoms. The molecule has 1 aromatic heterocycles. The molecule has 5 nitrogen and oxygen atoms in total. The zero-order valence-electron chi connectivity index (χ0n) is 10.7. The summed E-state index contributed by atoms with van der Waals surface area (Å²) in [5.74, 6) is 1.02. The molecule has 1 saturated heterocycles. The van der Waals surface area contributed by atoms with Crippen LogP contribution >= 0.6 is 12.4 Å². The summed E-state index contributed by atoms with van der Waals surface area (Å²) in [6.45, 7) is 4.73. The van der Waals surface area contributed by atoms with Crippen LogP contribution in [0.1, 0.15) is 26.2 Å². The number of amides is 1. The van der Waals surface area contributed by atoms with Crippen molar-refractivity contribution in [2.45, 2.75) is 32.7 Å². The molecule has 102 valence electrons. The van der Waals surface area contributed by atoms with Gasteiger partial charge in [-0.2, -0.15) is 5.10 Å². The molecule has 1 aliphatic rings. The SMILES string of the molecule is CCCCn1nccc1NC(=O)C1CCNC1.Cl. The van der Waals surface area contributed by atoms with Gasteiger partial charge in [-0.15, -0.1) is 12.4 Å². The summed E-state index contributed by atoms with van der Waals surface area (Å²) in [5, 5.41) is 10.4. The normalized spacial score (nSPS) is 18.4. The number of nitrogens with zero attached hydrogens (tertiary/aromatic N) is 2. The number of carbonyl (C=O) groups excluding carboxylic acids is 1. The zero-order valence-corrected chi connectivity index (χ0v) is 11.5. The number of anilines is 1. The zero-order chi connectivity index (χ0) is 12.1. The van der Waals surface area contributed by atoms with Gasteiger partial charge in [-0.25, -0.2) is 4.68 Å². The Labute approximate surface area is 114 Å². The number of halogens is 1. The first-order valence-corrected chi connectivity index (χ1v) is 6.34. The van der Waals surface area contributed by atoms with E-state index in [2.05, 4.69) is 22.7 Å². The van der Waals surface area contributed by atoms with Gasteiger partial charge in [-0.05, 0) is 19.4 Å². The fraction of sp³-hybridized carbons (Fsp3) is 0.667. The molecule has 2 rings (SSSR count). The van der Waals surface area contributed by atoms with Gasteiger partial charge in [0.05, 0.1) is 12.1 Å². The van der Waals surface area contributed by atoms with Gasteiger partial charge < -0.3 is 10.6 Å². The lowest BCUT2D eigenvalue weighted by Crippen LogP contribution is -2.26. The minimum Gasteiger partial charge on any atom is -0.316 e. The van der Waals surface area contributed by atoms with Crippen molar-refractivity contribution in [3.63, 3.8) is 0 Å². The van der Waals surface area contributed by atoms with Crippen LogP contribution in [0.3, 0.4) is 0 Å². The molecule has 1 fully saturated rings. The second-order valence-corrected chi connectivity index (χ2v) is 4.47. The van der Waals surface area contributed by atoms with Crippen LogP contribution in [0.4, 0.5) is 5.82 Å². The van der Waals surface area contributed by atoms with E-state index in [0.29, 0.717) is 0 Å². The molecule has 2 heterocycles. The van der Waals surface area contributed by atoms with Crippen LogP contribution in [0, 0.1) is 5.92 Å². The van der Waals surface area contributed by atoms with Crippen LogP contribution in [0.15, 0.2) is 12.3 Å².